The fourth-order valence-corrected chi connectivity index (χ4v) is 2.30. The first-order chi connectivity index (χ1) is 8.76. The average molecular weight is 309 g/mol. The van der Waals surface area contributed by atoms with Crippen LogP contribution in [0.15, 0.2) is 41.3 Å². The van der Waals surface area contributed by atoms with Gasteiger partial charge in [-0.3, -0.25) is 0 Å². The summed E-state index contributed by atoms with van der Waals surface area (Å²) in [5.41, 5.74) is 8.01. The molecule has 1 heterocycles. The van der Waals surface area contributed by atoms with E-state index in [1.54, 1.807) is 0 Å². The summed E-state index contributed by atoms with van der Waals surface area (Å²) in [5.74, 6) is 0. The van der Waals surface area contributed by atoms with Crippen LogP contribution >= 0.6 is 15.9 Å². The number of nitrogens with one attached hydrogen (secondary N) is 1. The molecule has 0 aliphatic carbocycles. The Morgan fingerprint density at radius 3 is 2.89 bits per heavy atom. The summed E-state index contributed by atoms with van der Waals surface area (Å²) < 4.78 is 3.13. The highest BCUT2D eigenvalue weighted by Crippen LogP contribution is 2.25. The van der Waals surface area contributed by atoms with Gasteiger partial charge in [0.25, 0.3) is 0 Å². The maximum atomic E-state index is 5.87. The molecule has 0 saturated heterocycles. The normalized spacial score (nSPS) is 12.4. The zero-order valence-electron chi connectivity index (χ0n) is 10.3. The van der Waals surface area contributed by atoms with Crippen molar-refractivity contribution in [1.29, 1.82) is 0 Å². The molecule has 0 saturated carbocycles. The highest BCUT2D eigenvalue weighted by atomic mass is 79.9. The minimum absolute atomic E-state index is 0.0612. The minimum Gasteiger partial charge on any atom is -0.375 e. The summed E-state index contributed by atoms with van der Waals surface area (Å²) in [6.45, 7) is 3.51. The molecule has 2 aromatic rings. The Kier molecular flexibility index (Phi) is 4.38. The molecule has 1 aromatic heterocycles. The van der Waals surface area contributed by atoms with Crippen LogP contribution < -0.4 is 11.1 Å². The molecule has 0 aliphatic heterocycles. The molecule has 18 heavy (non-hydrogen) atoms. The summed E-state index contributed by atoms with van der Waals surface area (Å²) in [4.78, 5) is 4.18. The van der Waals surface area contributed by atoms with Crippen LogP contribution in [0.4, 0.5) is 5.69 Å². The molecule has 0 fully saturated rings. The molecule has 1 unspecified atom stereocenters. The predicted octanol–water partition coefficient (Wildman–Crippen LogP) is 2.78. The van der Waals surface area contributed by atoms with Gasteiger partial charge in [-0.25, -0.2) is 4.98 Å². The Labute approximate surface area is 115 Å². The van der Waals surface area contributed by atoms with Crippen molar-refractivity contribution in [2.24, 2.45) is 5.73 Å². The Morgan fingerprint density at radius 1 is 1.44 bits per heavy atom. The molecule has 0 amide bonds. The van der Waals surface area contributed by atoms with Crippen molar-refractivity contribution in [3.63, 3.8) is 0 Å². The first kappa shape index (κ1) is 13.1. The number of nitrogens with two attached hydrogens (primary N) is 1. The molecule has 2 rings (SSSR count). The van der Waals surface area contributed by atoms with Crippen molar-refractivity contribution in [2.45, 2.75) is 19.5 Å². The summed E-state index contributed by atoms with van der Waals surface area (Å²) in [6, 6.07) is 8.08. The van der Waals surface area contributed by atoms with Crippen LogP contribution in [0.5, 0.6) is 0 Å². The standard InChI is InChI=1S/C13H17BrN4/c1-2-18-9-16-8-13(18)12(7-15)17-11-6-4-3-5-10(11)14/h3-6,8-9,12,17H,2,7,15H2,1H3. The van der Waals surface area contributed by atoms with E-state index in [4.69, 9.17) is 5.73 Å². The van der Waals surface area contributed by atoms with E-state index in [9.17, 15) is 0 Å². The van der Waals surface area contributed by atoms with E-state index in [1.807, 2.05) is 36.8 Å². The number of aromatic nitrogens is 2. The maximum absolute atomic E-state index is 5.87. The molecule has 0 bridgehead atoms. The molecule has 0 radical (unpaired) electrons. The number of hydrogen-bond acceptors (Lipinski definition) is 3. The molecule has 0 aliphatic rings. The first-order valence-corrected chi connectivity index (χ1v) is 6.76. The number of anilines is 1. The van der Waals surface area contributed by atoms with Crippen molar-refractivity contribution >= 4 is 21.6 Å². The van der Waals surface area contributed by atoms with Gasteiger partial charge in [-0.1, -0.05) is 12.1 Å². The van der Waals surface area contributed by atoms with Gasteiger partial charge in [-0.15, -0.1) is 0 Å². The molecule has 96 valence electrons. The van der Waals surface area contributed by atoms with E-state index >= 15 is 0 Å². The van der Waals surface area contributed by atoms with Crippen LogP contribution in [0.1, 0.15) is 18.7 Å². The Morgan fingerprint density at radius 2 is 2.22 bits per heavy atom. The summed E-state index contributed by atoms with van der Waals surface area (Å²) in [7, 11) is 0. The largest absolute Gasteiger partial charge is 0.375 e. The second kappa shape index (κ2) is 6.02. The summed E-state index contributed by atoms with van der Waals surface area (Å²) in [6.07, 6.45) is 3.70. The number of halogens is 1. The quantitative estimate of drug-likeness (QED) is 0.893. The monoisotopic (exact) mass is 308 g/mol. The van der Waals surface area contributed by atoms with E-state index in [0.717, 1.165) is 22.4 Å². The molecule has 1 aromatic carbocycles. The van der Waals surface area contributed by atoms with E-state index in [0.29, 0.717) is 6.54 Å². The number of benzene rings is 1. The lowest BCUT2D eigenvalue weighted by Crippen LogP contribution is -2.23. The SMILES string of the molecule is CCn1cncc1C(CN)Nc1ccccc1Br. The van der Waals surface area contributed by atoms with E-state index in [2.05, 4.69) is 37.7 Å². The number of aryl methyl sites for hydroxylation is 1. The molecule has 3 N–H and O–H groups in total. The van der Waals surface area contributed by atoms with E-state index in [1.165, 1.54) is 0 Å². The van der Waals surface area contributed by atoms with Gasteiger partial charge in [0.1, 0.15) is 0 Å². The minimum atomic E-state index is 0.0612. The van der Waals surface area contributed by atoms with Crippen molar-refractivity contribution < 1.29 is 0 Å². The van der Waals surface area contributed by atoms with Gasteiger partial charge in [-0.05, 0) is 35.0 Å². The molecule has 0 spiro atoms. The molecule has 4 nitrogen and oxygen atoms in total. The third kappa shape index (κ3) is 2.73. The fraction of sp³-hybridized carbons (Fsp3) is 0.308. The average Bonchev–Trinajstić information content (AvgIpc) is 2.86. The third-order valence-corrected chi connectivity index (χ3v) is 3.57. The summed E-state index contributed by atoms with van der Waals surface area (Å²) in [5, 5.41) is 3.44. The highest BCUT2D eigenvalue weighted by Gasteiger charge is 2.14. The van der Waals surface area contributed by atoms with E-state index in [-0.39, 0.29) is 6.04 Å². The Balaban J connectivity index is 2.23. The van der Waals surface area contributed by atoms with Crippen molar-refractivity contribution in [1.82, 2.24) is 9.55 Å². The Bertz CT molecular complexity index is 509. The van der Waals surface area contributed by atoms with Gasteiger partial charge in [0.05, 0.1) is 24.3 Å². The fourth-order valence-electron chi connectivity index (χ4n) is 1.90. The number of nitrogens with zero attached hydrogens (tertiary/aromatic N) is 2. The van der Waals surface area contributed by atoms with Crippen LogP contribution in [0.2, 0.25) is 0 Å². The number of rotatable bonds is 5. The zero-order valence-corrected chi connectivity index (χ0v) is 11.9. The maximum Gasteiger partial charge on any atom is 0.0948 e. The number of imidazole rings is 1. The van der Waals surface area contributed by atoms with Gasteiger partial charge >= 0.3 is 0 Å². The second-order valence-electron chi connectivity index (χ2n) is 4.02. The first-order valence-electron chi connectivity index (χ1n) is 5.97. The summed E-state index contributed by atoms with van der Waals surface area (Å²) >= 11 is 3.53. The lowest BCUT2D eigenvalue weighted by atomic mass is 10.2. The van der Waals surface area contributed by atoms with Crippen LogP contribution in [0.3, 0.4) is 0 Å². The van der Waals surface area contributed by atoms with Gasteiger partial charge < -0.3 is 15.6 Å². The molecule has 5 heteroatoms. The Hall–Kier alpha value is -1.33. The predicted molar refractivity (Wildman–Crippen MR) is 77.5 cm³/mol. The van der Waals surface area contributed by atoms with Gasteiger partial charge in [0.15, 0.2) is 0 Å². The lowest BCUT2D eigenvalue weighted by Gasteiger charge is -2.20. The van der Waals surface area contributed by atoms with Gasteiger partial charge in [0, 0.05) is 23.2 Å². The molecular weight excluding hydrogens is 292 g/mol. The molecular formula is C13H17BrN4. The van der Waals surface area contributed by atoms with E-state index < -0.39 is 0 Å². The van der Waals surface area contributed by atoms with Crippen molar-refractivity contribution in [2.75, 3.05) is 11.9 Å². The second-order valence-corrected chi connectivity index (χ2v) is 4.87. The van der Waals surface area contributed by atoms with Crippen LogP contribution in [-0.2, 0) is 6.54 Å². The number of para-hydroxylation sites is 1. The van der Waals surface area contributed by atoms with Crippen LogP contribution in [0, 0.1) is 0 Å². The van der Waals surface area contributed by atoms with Gasteiger partial charge in [0.2, 0.25) is 0 Å². The molecule has 1 atom stereocenters. The smallest absolute Gasteiger partial charge is 0.0948 e. The zero-order chi connectivity index (χ0) is 13.0. The van der Waals surface area contributed by atoms with Crippen LogP contribution in [-0.4, -0.2) is 16.1 Å². The van der Waals surface area contributed by atoms with Gasteiger partial charge in [-0.2, -0.15) is 0 Å². The number of hydrogen-bond donors (Lipinski definition) is 2. The highest BCUT2D eigenvalue weighted by molar-refractivity contribution is 9.10. The van der Waals surface area contributed by atoms with Crippen LogP contribution in [0.25, 0.3) is 0 Å². The van der Waals surface area contributed by atoms with Crippen molar-refractivity contribution in [3.8, 4) is 0 Å². The van der Waals surface area contributed by atoms with Crippen molar-refractivity contribution in [3.05, 3.63) is 47.0 Å². The topological polar surface area (TPSA) is 55.9 Å². The third-order valence-electron chi connectivity index (χ3n) is 2.88. The lowest BCUT2D eigenvalue weighted by molar-refractivity contribution is 0.654.